The molecule has 0 atom stereocenters. The average molecular weight is 194 g/mol. The van der Waals surface area contributed by atoms with Crippen LogP contribution in [0.3, 0.4) is 0 Å². The molecule has 0 spiro atoms. The smallest absolute Gasteiger partial charge is 0.160 e. The number of H-pyrrole nitrogens is 1. The number of nitrogens with zero attached hydrogens (tertiary/aromatic N) is 3. The van der Waals surface area contributed by atoms with Crippen molar-refractivity contribution >= 4 is 22.9 Å². The van der Waals surface area contributed by atoms with Crippen molar-refractivity contribution < 1.29 is 0 Å². The zero-order valence-corrected chi connectivity index (χ0v) is 7.73. The predicted molar refractivity (Wildman–Crippen MR) is 57.8 cm³/mol. The molecule has 0 saturated heterocycles. The third-order valence-electron chi connectivity index (χ3n) is 2.76. The van der Waals surface area contributed by atoms with Crippen LogP contribution in [-0.4, -0.2) is 21.4 Å². The van der Waals surface area contributed by atoms with E-state index < -0.39 is 0 Å². The van der Waals surface area contributed by atoms with Crippen molar-refractivity contribution in [2.24, 2.45) is 4.99 Å². The fraction of sp³-hybridized carbons (Fsp3) is 0. The molecule has 4 nitrogen and oxygen atoms in total. The minimum Gasteiger partial charge on any atom is -0.278 e. The van der Waals surface area contributed by atoms with Gasteiger partial charge in [0, 0.05) is 16.5 Å². The molecular formula is C11H6N4. The molecule has 2 bridgehead atoms. The molecule has 15 heavy (non-hydrogen) atoms. The Labute approximate surface area is 85.0 Å². The lowest BCUT2D eigenvalue weighted by atomic mass is 10.1. The lowest BCUT2D eigenvalue weighted by Gasteiger charge is -1.96. The quantitative estimate of drug-likeness (QED) is 0.466. The fourth-order valence-electron chi connectivity index (χ4n) is 2.00. The third-order valence-corrected chi connectivity index (χ3v) is 2.76. The van der Waals surface area contributed by atoms with Crippen molar-refractivity contribution in [1.29, 1.82) is 0 Å². The van der Waals surface area contributed by atoms with Gasteiger partial charge in [-0.2, -0.15) is 5.10 Å². The Balaban J connectivity index is 2.25. The van der Waals surface area contributed by atoms with Gasteiger partial charge in [0.2, 0.25) is 0 Å². The Morgan fingerprint density at radius 1 is 1.13 bits per heavy atom. The lowest BCUT2D eigenvalue weighted by Crippen LogP contribution is -1.81. The number of nitrogens with one attached hydrogen (secondary N) is 1. The number of hydrogen-bond donors (Lipinski definition) is 1. The van der Waals surface area contributed by atoms with E-state index >= 15 is 0 Å². The van der Waals surface area contributed by atoms with Gasteiger partial charge < -0.3 is 0 Å². The molecule has 0 saturated carbocycles. The van der Waals surface area contributed by atoms with Gasteiger partial charge in [-0.3, -0.25) is 5.10 Å². The second kappa shape index (κ2) is 2.23. The largest absolute Gasteiger partial charge is 0.278 e. The summed E-state index contributed by atoms with van der Waals surface area (Å²) in [6.07, 6.45) is 3.63. The first-order valence-corrected chi connectivity index (χ1v) is 4.73. The summed E-state index contributed by atoms with van der Waals surface area (Å²) >= 11 is 0. The zero-order valence-electron chi connectivity index (χ0n) is 7.73. The van der Waals surface area contributed by atoms with Gasteiger partial charge in [0.05, 0.1) is 23.6 Å². The highest BCUT2D eigenvalue weighted by Gasteiger charge is 2.19. The summed E-state index contributed by atoms with van der Waals surface area (Å²) in [5.41, 5.74) is 4.25. The lowest BCUT2D eigenvalue weighted by molar-refractivity contribution is 1.12. The number of aliphatic imine (C=N–C) groups is 1. The van der Waals surface area contributed by atoms with Crippen LogP contribution in [0.1, 0.15) is 5.69 Å². The van der Waals surface area contributed by atoms with E-state index in [1.165, 1.54) is 0 Å². The van der Waals surface area contributed by atoms with Gasteiger partial charge >= 0.3 is 0 Å². The average Bonchev–Trinajstić information content (AvgIpc) is 2.91. The number of hydrogen-bond acceptors (Lipinski definition) is 3. The second-order valence-corrected chi connectivity index (χ2v) is 3.62. The van der Waals surface area contributed by atoms with E-state index in [0.717, 1.165) is 33.5 Å². The maximum atomic E-state index is 4.37. The number of rotatable bonds is 0. The summed E-state index contributed by atoms with van der Waals surface area (Å²) < 4.78 is 0. The van der Waals surface area contributed by atoms with E-state index in [0.29, 0.717) is 0 Å². The molecule has 1 N–H and O–H groups in total. The molecule has 1 aromatic rings. The molecule has 0 unspecified atom stereocenters. The summed E-state index contributed by atoms with van der Waals surface area (Å²) in [5, 5.41) is 8.06. The van der Waals surface area contributed by atoms with E-state index in [4.69, 9.17) is 0 Å². The molecule has 3 heterocycles. The molecular weight excluding hydrogens is 188 g/mol. The molecule has 1 aromatic heterocycles. The molecule has 0 amide bonds. The maximum Gasteiger partial charge on any atom is 0.160 e. The van der Waals surface area contributed by atoms with Gasteiger partial charge in [0.15, 0.2) is 5.82 Å². The number of aromatic amines is 1. The Morgan fingerprint density at radius 3 is 3.13 bits per heavy atom. The van der Waals surface area contributed by atoms with Crippen molar-refractivity contribution in [2.45, 2.75) is 0 Å². The van der Waals surface area contributed by atoms with E-state index in [9.17, 15) is 0 Å². The summed E-state index contributed by atoms with van der Waals surface area (Å²) in [6.45, 7) is 0. The molecule has 4 rings (SSSR count). The van der Waals surface area contributed by atoms with Crippen molar-refractivity contribution in [3.63, 3.8) is 0 Å². The first kappa shape index (κ1) is 7.11. The number of aromatic nitrogens is 3. The first-order chi connectivity index (χ1) is 7.42. The van der Waals surface area contributed by atoms with Gasteiger partial charge in [-0.15, -0.1) is 0 Å². The van der Waals surface area contributed by atoms with Gasteiger partial charge in [-0.25, -0.2) is 9.98 Å². The third kappa shape index (κ3) is 0.788. The fourth-order valence-corrected chi connectivity index (χ4v) is 2.00. The van der Waals surface area contributed by atoms with Crippen molar-refractivity contribution in [2.75, 3.05) is 0 Å². The van der Waals surface area contributed by atoms with Crippen LogP contribution in [0, 0.1) is 0 Å². The van der Waals surface area contributed by atoms with Crippen LogP contribution >= 0.6 is 0 Å². The summed E-state index contributed by atoms with van der Waals surface area (Å²) in [6, 6.07) is 6.16. The molecule has 0 aromatic carbocycles. The topological polar surface area (TPSA) is 53.9 Å². The Morgan fingerprint density at radius 2 is 2.13 bits per heavy atom. The van der Waals surface area contributed by atoms with Crippen LogP contribution in [0.2, 0.25) is 0 Å². The molecule has 1 aliphatic carbocycles. The molecule has 70 valence electrons. The molecule has 2 aliphatic heterocycles. The van der Waals surface area contributed by atoms with Gasteiger partial charge in [-0.05, 0) is 18.2 Å². The highest BCUT2D eigenvalue weighted by Crippen LogP contribution is 2.38. The standard InChI is InChI=1S/C11H6N4/c1-2-9-6(4-13-15-9)3-8-7(1)11-12-5-10(8)14-11/h1-5H,(H,13,15). The Bertz CT molecular complexity index is 680. The van der Waals surface area contributed by atoms with E-state index in [2.05, 4.69) is 26.2 Å². The van der Waals surface area contributed by atoms with Crippen molar-refractivity contribution in [3.8, 4) is 11.1 Å². The first-order valence-electron chi connectivity index (χ1n) is 4.73. The predicted octanol–water partition coefficient (Wildman–Crippen LogP) is 2.13. The van der Waals surface area contributed by atoms with Crippen LogP contribution in [0.15, 0.2) is 29.4 Å². The van der Waals surface area contributed by atoms with Gasteiger partial charge in [-0.1, -0.05) is 0 Å². The number of fused-ring (bicyclic) bond motifs is 6. The van der Waals surface area contributed by atoms with Crippen LogP contribution in [0.25, 0.3) is 22.0 Å². The summed E-state index contributed by atoms with van der Waals surface area (Å²) in [4.78, 5) is 8.58. The van der Waals surface area contributed by atoms with Crippen molar-refractivity contribution in [3.05, 3.63) is 30.1 Å². The van der Waals surface area contributed by atoms with E-state index in [1.807, 2.05) is 24.5 Å². The normalized spacial score (nSPS) is 13.1. The van der Waals surface area contributed by atoms with Crippen molar-refractivity contribution in [1.82, 2.24) is 15.2 Å². The van der Waals surface area contributed by atoms with Crippen LogP contribution < -0.4 is 0 Å². The molecule has 0 radical (unpaired) electrons. The minimum atomic E-state index is 0.825. The highest BCUT2D eigenvalue weighted by atomic mass is 15.1. The van der Waals surface area contributed by atoms with Crippen LogP contribution in [0.4, 0.5) is 5.82 Å². The molecule has 4 heteroatoms. The monoisotopic (exact) mass is 194 g/mol. The van der Waals surface area contributed by atoms with Gasteiger partial charge in [0.25, 0.3) is 0 Å². The summed E-state index contributed by atoms with van der Waals surface area (Å²) in [5.74, 6) is 0.825. The van der Waals surface area contributed by atoms with Gasteiger partial charge in [0.1, 0.15) is 0 Å². The molecule has 0 fully saturated rings. The van der Waals surface area contributed by atoms with E-state index in [1.54, 1.807) is 0 Å². The maximum absolute atomic E-state index is 4.37. The zero-order chi connectivity index (χ0) is 9.83. The Hall–Kier alpha value is -2.23. The van der Waals surface area contributed by atoms with Crippen LogP contribution in [0.5, 0.6) is 0 Å². The second-order valence-electron chi connectivity index (χ2n) is 3.62. The van der Waals surface area contributed by atoms with E-state index in [-0.39, 0.29) is 0 Å². The highest BCUT2D eigenvalue weighted by molar-refractivity contribution is 6.02. The SMILES string of the molecule is C1=Nc2nc1c1cc3cn[nH]c3ccc2-1. The minimum absolute atomic E-state index is 0.825. The van der Waals surface area contributed by atoms with Crippen LogP contribution in [-0.2, 0) is 0 Å². The Kier molecular flexibility index (Phi) is 1.06. The summed E-state index contributed by atoms with van der Waals surface area (Å²) in [7, 11) is 0. The molecule has 3 aliphatic rings.